The summed E-state index contributed by atoms with van der Waals surface area (Å²) in [5.41, 5.74) is 8.21. The van der Waals surface area contributed by atoms with Crippen LogP contribution in [0.1, 0.15) is 43.7 Å². The minimum Gasteiger partial charge on any atom is -0.489 e. The molecule has 0 saturated carbocycles. The van der Waals surface area contributed by atoms with E-state index < -0.39 is 5.60 Å². The fourth-order valence-electron chi connectivity index (χ4n) is 2.95. The molecule has 0 spiro atoms. The van der Waals surface area contributed by atoms with Crippen molar-refractivity contribution in [2.75, 3.05) is 5.73 Å². The number of ether oxygens (including phenoxy) is 1. The molecule has 1 aliphatic rings. The van der Waals surface area contributed by atoms with E-state index in [1.165, 1.54) is 0 Å². The minimum absolute atomic E-state index is 0.447. The number of hydrogen-bond donors (Lipinski definition) is 2. The molecule has 1 atom stereocenters. The number of hydrogen-bond acceptors (Lipinski definition) is 4. The highest BCUT2D eigenvalue weighted by Crippen LogP contribution is 2.39. The number of benzene rings is 2. The van der Waals surface area contributed by atoms with E-state index >= 15 is 0 Å². The number of rotatable bonds is 7. The molecular weight excluding hydrogens is 300 g/mol. The lowest BCUT2D eigenvalue weighted by atomic mass is 9.89. The molecule has 0 bridgehead atoms. The normalized spacial score (nSPS) is 18.6. The van der Waals surface area contributed by atoms with Gasteiger partial charge < -0.3 is 15.6 Å². The van der Waals surface area contributed by atoms with Crippen LogP contribution in [-0.4, -0.2) is 11.3 Å². The number of nitrogens with zero attached hydrogens (tertiary/aromatic N) is 1. The quantitative estimate of drug-likeness (QED) is 0.588. The monoisotopic (exact) mass is 324 g/mol. The lowest BCUT2D eigenvalue weighted by Crippen LogP contribution is -2.24. The van der Waals surface area contributed by atoms with Gasteiger partial charge in [0.05, 0.1) is 5.69 Å². The maximum atomic E-state index is 10.9. The van der Waals surface area contributed by atoms with Gasteiger partial charge in [0.25, 0.3) is 0 Å². The Morgan fingerprint density at radius 3 is 2.67 bits per heavy atom. The van der Waals surface area contributed by atoms with Crippen LogP contribution in [0.4, 0.5) is 11.4 Å². The van der Waals surface area contributed by atoms with Crippen molar-refractivity contribution in [2.45, 2.75) is 44.8 Å². The van der Waals surface area contributed by atoms with Crippen LogP contribution in [0.5, 0.6) is 5.75 Å². The summed E-state index contributed by atoms with van der Waals surface area (Å²) < 4.78 is 5.80. The summed E-state index contributed by atoms with van der Waals surface area (Å²) in [7, 11) is 0. The van der Waals surface area contributed by atoms with Crippen LogP contribution < -0.4 is 10.5 Å². The van der Waals surface area contributed by atoms with E-state index in [0.29, 0.717) is 18.7 Å². The van der Waals surface area contributed by atoms with E-state index in [1.54, 1.807) is 6.21 Å². The van der Waals surface area contributed by atoms with Crippen LogP contribution in [0.25, 0.3) is 0 Å². The first-order valence-electron chi connectivity index (χ1n) is 8.50. The van der Waals surface area contributed by atoms with Gasteiger partial charge in [0.15, 0.2) is 0 Å². The second-order valence-electron chi connectivity index (χ2n) is 6.35. The molecule has 0 saturated heterocycles. The van der Waals surface area contributed by atoms with Crippen LogP contribution in [0, 0.1) is 0 Å². The van der Waals surface area contributed by atoms with Gasteiger partial charge in [0, 0.05) is 17.5 Å². The van der Waals surface area contributed by atoms with E-state index in [2.05, 4.69) is 11.9 Å². The minimum atomic E-state index is -0.943. The van der Waals surface area contributed by atoms with Crippen molar-refractivity contribution in [1.82, 2.24) is 0 Å². The van der Waals surface area contributed by atoms with E-state index in [9.17, 15) is 5.11 Å². The summed E-state index contributed by atoms with van der Waals surface area (Å²) in [6.45, 7) is 2.61. The number of aliphatic hydroxyl groups is 1. The lowest BCUT2D eigenvalue weighted by molar-refractivity contribution is 0.107. The molecule has 3 N–H and O–H groups in total. The highest BCUT2D eigenvalue weighted by atomic mass is 16.5. The first-order chi connectivity index (χ1) is 11.6. The molecule has 24 heavy (non-hydrogen) atoms. The van der Waals surface area contributed by atoms with Gasteiger partial charge in [-0.15, -0.1) is 0 Å². The Bertz CT molecular complexity index is 725. The summed E-state index contributed by atoms with van der Waals surface area (Å²) in [4.78, 5) is 4.37. The molecule has 0 aliphatic carbocycles. The van der Waals surface area contributed by atoms with E-state index in [0.717, 1.165) is 41.8 Å². The summed E-state index contributed by atoms with van der Waals surface area (Å²) in [6.07, 6.45) is 5.63. The number of aliphatic imine (C=N–C) groups is 1. The van der Waals surface area contributed by atoms with E-state index in [1.807, 2.05) is 42.5 Å². The summed E-state index contributed by atoms with van der Waals surface area (Å²) in [5, 5.41) is 10.9. The van der Waals surface area contributed by atoms with Gasteiger partial charge in [0.2, 0.25) is 0 Å². The Labute approximate surface area is 143 Å². The molecule has 4 nitrogen and oxygen atoms in total. The third-order valence-electron chi connectivity index (χ3n) is 4.39. The predicted octanol–water partition coefficient (Wildman–Crippen LogP) is 4.33. The summed E-state index contributed by atoms with van der Waals surface area (Å²) in [6, 6.07) is 13.3. The Hall–Kier alpha value is -2.33. The number of unbranched alkanes of at least 4 members (excludes halogenated alkanes) is 2. The second kappa shape index (κ2) is 7.05. The van der Waals surface area contributed by atoms with Crippen molar-refractivity contribution in [3.05, 3.63) is 53.6 Å². The summed E-state index contributed by atoms with van der Waals surface area (Å²) >= 11 is 0. The van der Waals surface area contributed by atoms with Crippen LogP contribution in [0.2, 0.25) is 0 Å². The van der Waals surface area contributed by atoms with E-state index in [4.69, 9.17) is 10.5 Å². The van der Waals surface area contributed by atoms with Crippen molar-refractivity contribution >= 4 is 17.6 Å². The number of anilines is 1. The second-order valence-corrected chi connectivity index (χ2v) is 6.35. The highest BCUT2D eigenvalue weighted by molar-refractivity contribution is 5.83. The van der Waals surface area contributed by atoms with Crippen LogP contribution in [-0.2, 0) is 12.2 Å². The van der Waals surface area contributed by atoms with Crippen molar-refractivity contribution in [1.29, 1.82) is 0 Å². The molecule has 1 heterocycles. The number of fused-ring (bicyclic) bond motifs is 1. The Morgan fingerprint density at radius 2 is 1.92 bits per heavy atom. The largest absolute Gasteiger partial charge is 0.489 e. The molecule has 1 aliphatic heterocycles. The van der Waals surface area contributed by atoms with Gasteiger partial charge in [-0.05, 0) is 54.8 Å². The third-order valence-corrected chi connectivity index (χ3v) is 4.39. The topological polar surface area (TPSA) is 67.8 Å². The molecule has 0 aromatic heterocycles. The van der Waals surface area contributed by atoms with Crippen LogP contribution in [0.3, 0.4) is 0 Å². The maximum Gasteiger partial charge on any atom is 0.127 e. The fraction of sp³-hybridized carbons (Fsp3) is 0.350. The van der Waals surface area contributed by atoms with Crippen LogP contribution in [0.15, 0.2) is 47.5 Å². The van der Waals surface area contributed by atoms with Crippen molar-refractivity contribution in [3.63, 3.8) is 0 Å². The molecule has 2 aromatic carbocycles. The molecule has 0 amide bonds. The van der Waals surface area contributed by atoms with Gasteiger partial charge in [0.1, 0.15) is 18.0 Å². The van der Waals surface area contributed by atoms with Crippen molar-refractivity contribution < 1.29 is 9.84 Å². The molecule has 0 fully saturated rings. The zero-order valence-corrected chi connectivity index (χ0v) is 14.0. The van der Waals surface area contributed by atoms with Gasteiger partial charge >= 0.3 is 0 Å². The maximum absolute atomic E-state index is 10.9. The van der Waals surface area contributed by atoms with Crippen LogP contribution >= 0.6 is 0 Å². The average Bonchev–Trinajstić information content (AvgIpc) is 2.92. The Balaban J connectivity index is 1.70. The molecule has 0 radical (unpaired) electrons. The third kappa shape index (κ3) is 3.60. The molecule has 2 aromatic rings. The first kappa shape index (κ1) is 16.5. The van der Waals surface area contributed by atoms with Gasteiger partial charge in [-0.3, -0.25) is 4.99 Å². The first-order valence-corrected chi connectivity index (χ1v) is 8.50. The molecule has 4 heteroatoms. The predicted molar refractivity (Wildman–Crippen MR) is 97.8 cm³/mol. The lowest BCUT2D eigenvalue weighted by Gasteiger charge is -2.21. The smallest absolute Gasteiger partial charge is 0.127 e. The number of nitrogens with two attached hydrogens (primary N) is 1. The molecule has 3 rings (SSSR count). The Morgan fingerprint density at radius 1 is 1.12 bits per heavy atom. The SMILES string of the molecule is CCCCCC1(O)C=Nc2ccc(COc3ccc(N)cc3)cc21. The average molecular weight is 324 g/mol. The zero-order chi connectivity index (χ0) is 17.0. The zero-order valence-electron chi connectivity index (χ0n) is 14.0. The van der Waals surface area contributed by atoms with Gasteiger partial charge in [-0.1, -0.05) is 25.8 Å². The molecular formula is C20H24N2O2. The van der Waals surface area contributed by atoms with Crippen molar-refractivity contribution in [3.8, 4) is 5.75 Å². The van der Waals surface area contributed by atoms with Crippen molar-refractivity contribution in [2.24, 2.45) is 4.99 Å². The van der Waals surface area contributed by atoms with Gasteiger partial charge in [-0.2, -0.15) is 0 Å². The standard InChI is InChI=1S/C20H24N2O2/c1-2-3-4-11-20(23)14-22-19-10-5-15(12-18(19)20)13-24-17-8-6-16(21)7-9-17/h5-10,12,14,23H,2-4,11,13,21H2,1H3. The molecule has 126 valence electrons. The highest BCUT2D eigenvalue weighted by Gasteiger charge is 2.33. The fourth-order valence-corrected chi connectivity index (χ4v) is 2.95. The van der Waals surface area contributed by atoms with Gasteiger partial charge in [-0.25, -0.2) is 0 Å². The molecule has 1 unspecified atom stereocenters. The number of nitrogen functional groups attached to an aromatic ring is 1. The van der Waals surface area contributed by atoms with E-state index in [-0.39, 0.29) is 0 Å². The summed E-state index contributed by atoms with van der Waals surface area (Å²) in [5.74, 6) is 0.777. The Kier molecular flexibility index (Phi) is 4.86.